The fourth-order valence-electron chi connectivity index (χ4n) is 1.82. The molecule has 18 heavy (non-hydrogen) atoms. The van der Waals surface area contributed by atoms with Gasteiger partial charge in [-0.2, -0.15) is 11.8 Å². The summed E-state index contributed by atoms with van der Waals surface area (Å²) in [5.74, 6) is 8.10. The second-order valence-electron chi connectivity index (χ2n) is 4.00. The molecule has 0 spiro atoms. The summed E-state index contributed by atoms with van der Waals surface area (Å²) in [6, 6.07) is 3.13. The maximum atomic E-state index is 10.9. The zero-order valence-electron chi connectivity index (χ0n) is 9.76. The second-order valence-corrected chi connectivity index (χ2v) is 5.22. The Morgan fingerprint density at radius 2 is 2.17 bits per heavy atom. The third kappa shape index (κ3) is 3.02. The number of nitrogens with one attached hydrogen (secondary N) is 2. The van der Waals surface area contributed by atoms with Crippen LogP contribution in [0.3, 0.4) is 0 Å². The van der Waals surface area contributed by atoms with E-state index in [1.165, 1.54) is 12.1 Å². The summed E-state index contributed by atoms with van der Waals surface area (Å²) in [6.07, 6.45) is 1.98. The van der Waals surface area contributed by atoms with Gasteiger partial charge in [-0.3, -0.25) is 10.1 Å². The number of nitrogen functional groups attached to an aromatic ring is 1. The Kier molecular flexibility index (Phi) is 4.21. The van der Waals surface area contributed by atoms with E-state index >= 15 is 0 Å². The fourth-order valence-corrected chi connectivity index (χ4v) is 2.93. The molecular weight excluding hydrogens is 254 g/mol. The molecule has 1 saturated heterocycles. The molecule has 4 N–H and O–H groups in total. The summed E-state index contributed by atoms with van der Waals surface area (Å²) in [5, 5.41) is 14.1. The van der Waals surface area contributed by atoms with Crippen molar-refractivity contribution in [1.29, 1.82) is 0 Å². The summed E-state index contributed by atoms with van der Waals surface area (Å²) in [7, 11) is 0. The van der Waals surface area contributed by atoms with Gasteiger partial charge in [0, 0.05) is 12.1 Å². The number of pyridine rings is 1. The van der Waals surface area contributed by atoms with Gasteiger partial charge in [-0.15, -0.1) is 0 Å². The molecule has 2 heterocycles. The number of rotatable bonds is 4. The Hall–Kier alpha value is -1.54. The topological polar surface area (TPSA) is 106 Å². The van der Waals surface area contributed by atoms with E-state index in [0.29, 0.717) is 5.82 Å². The quantitative estimate of drug-likeness (QED) is 0.433. The van der Waals surface area contributed by atoms with Crippen molar-refractivity contribution in [2.75, 3.05) is 22.2 Å². The largest absolute Gasteiger partial charge is 0.361 e. The van der Waals surface area contributed by atoms with Gasteiger partial charge < -0.3 is 10.7 Å². The molecule has 0 unspecified atom stereocenters. The molecule has 98 valence electrons. The number of hydrogen-bond acceptors (Lipinski definition) is 7. The molecule has 0 aliphatic carbocycles. The standard InChI is InChI=1S/C10H15N5O2S/c11-14-9-2-1-8(15(16)17)10(13-9)12-7-3-5-18-6-4-7/h1-2,7H,3-6,11H2,(H2,12,13,14). The van der Waals surface area contributed by atoms with Gasteiger partial charge in [0.05, 0.1) is 4.92 Å². The molecule has 0 atom stereocenters. The highest BCUT2D eigenvalue weighted by atomic mass is 32.2. The molecule has 7 nitrogen and oxygen atoms in total. The number of nitrogens with two attached hydrogens (primary N) is 1. The van der Waals surface area contributed by atoms with Gasteiger partial charge >= 0.3 is 5.69 Å². The van der Waals surface area contributed by atoms with Crippen LogP contribution >= 0.6 is 11.8 Å². The monoisotopic (exact) mass is 269 g/mol. The van der Waals surface area contributed by atoms with Crippen LogP contribution in [0.5, 0.6) is 0 Å². The van der Waals surface area contributed by atoms with Crippen molar-refractivity contribution in [2.24, 2.45) is 5.84 Å². The molecule has 0 amide bonds. The van der Waals surface area contributed by atoms with Crippen molar-refractivity contribution in [3.63, 3.8) is 0 Å². The molecule has 1 aliphatic heterocycles. The van der Waals surface area contributed by atoms with Crippen molar-refractivity contribution < 1.29 is 4.92 Å². The van der Waals surface area contributed by atoms with Crippen LogP contribution in [0.15, 0.2) is 12.1 Å². The minimum absolute atomic E-state index is 0.0211. The third-order valence-corrected chi connectivity index (χ3v) is 3.83. The summed E-state index contributed by atoms with van der Waals surface area (Å²) in [5.41, 5.74) is 2.37. The van der Waals surface area contributed by atoms with Crippen LogP contribution in [0.4, 0.5) is 17.3 Å². The number of nitrogens with zero attached hydrogens (tertiary/aromatic N) is 2. The van der Waals surface area contributed by atoms with Gasteiger partial charge in [0.2, 0.25) is 5.82 Å². The molecule has 1 aromatic heterocycles. The van der Waals surface area contributed by atoms with E-state index in [1.54, 1.807) is 0 Å². The average molecular weight is 269 g/mol. The first-order valence-electron chi connectivity index (χ1n) is 5.67. The summed E-state index contributed by atoms with van der Waals surface area (Å²) in [4.78, 5) is 14.6. The molecule has 8 heteroatoms. The highest BCUT2D eigenvalue weighted by molar-refractivity contribution is 7.99. The Bertz CT molecular complexity index is 436. The molecule has 2 rings (SSSR count). The van der Waals surface area contributed by atoms with E-state index in [2.05, 4.69) is 15.7 Å². The number of anilines is 2. The number of hydrogen-bond donors (Lipinski definition) is 3. The Labute approximate surface area is 109 Å². The van der Waals surface area contributed by atoms with Crippen molar-refractivity contribution in [2.45, 2.75) is 18.9 Å². The summed E-state index contributed by atoms with van der Waals surface area (Å²) in [6.45, 7) is 0. The maximum Gasteiger partial charge on any atom is 0.311 e. The van der Waals surface area contributed by atoms with Crippen LogP contribution in [0.2, 0.25) is 0 Å². The fraction of sp³-hybridized carbons (Fsp3) is 0.500. The molecule has 0 radical (unpaired) electrons. The van der Waals surface area contributed by atoms with E-state index < -0.39 is 4.92 Å². The van der Waals surface area contributed by atoms with Crippen molar-refractivity contribution in [3.05, 3.63) is 22.2 Å². The number of thioether (sulfide) groups is 1. The van der Waals surface area contributed by atoms with Crippen molar-refractivity contribution in [1.82, 2.24) is 4.98 Å². The smallest absolute Gasteiger partial charge is 0.311 e. The maximum absolute atomic E-state index is 10.9. The molecule has 0 saturated carbocycles. The first kappa shape index (κ1) is 12.9. The van der Waals surface area contributed by atoms with Crippen molar-refractivity contribution >= 4 is 29.1 Å². The Morgan fingerprint density at radius 1 is 1.44 bits per heavy atom. The average Bonchev–Trinajstić information content (AvgIpc) is 2.39. The normalized spacial score (nSPS) is 16.3. The van der Waals surface area contributed by atoms with Crippen LogP contribution in [0.1, 0.15) is 12.8 Å². The third-order valence-electron chi connectivity index (χ3n) is 2.78. The van der Waals surface area contributed by atoms with Gasteiger partial charge in [-0.1, -0.05) is 0 Å². The minimum atomic E-state index is -0.437. The number of hydrazine groups is 1. The predicted molar refractivity (Wildman–Crippen MR) is 72.7 cm³/mol. The van der Waals surface area contributed by atoms with E-state index in [1.807, 2.05) is 11.8 Å². The van der Waals surface area contributed by atoms with Gasteiger partial charge in [0.1, 0.15) is 5.82 Å². The van der Waals surface area contributed by atoms with Gasteiger partial charge in [-0.25, -0.2) is 10.8 Å². The van der Waals surface area contributed by atoms with Crippen LogP contribution in [-0.2, 0) is 0 Å². The van der Waals surface area contributed by atoms with E-state index in [0.717, 1.165) is 24.3 Å². The number of nitro groups is 1. The van der Waals surface area contributed by atoms with Crippen LogP contribution < -0.4 is 16.6 Å². The molecule has 1 fully saturated rings. The molecular formula is C10H15N5O2S. The van der Waals surface area contributed by atoms with E-state index in [-0.39, 0.29) is 17.5 Å². The Morgan fingerprint density at radius 3 is 2.78 bits per heavy atom. The molecule has 1 aliphatic rings. The molecule has 1 aromatic rings. The molecule has 0 bridgehead atoms. The lowest BCUT2D eigenvalue weighted by Crippen LogP contribution is -2.25. The lowest BCUT2D eigenvalue weighted by molar-refractivity contribution is -0.384. The minimum Gasteiger partial charge on any atom is -0.361 e. The second kappa shape index (κ2) is 5.87. The SMILES string of the molecule is NNc1ccc([N+](=O)[O-])c(NC2CCSCC2)n1. The molecule has 0 aromatic carbocycles. The Balaban J connectivity index is 2.19. The first-order chi connectivity index (χ1) is 8.70. The van der Waals surface area contributed by atoms with E-state index in [4.69, 9.17) is 5.84 Å². The van der Waals surface area contributed by atoms with Crippen LogP contribution in [0.25, 0.3) is 0 Å². The van der Waals surface area contributed by atoms with Crippen LogP contribution in [-0.4, -0.2) is 27.5 Å². The van der Waals surface area contributed by atoms with E-state index in [9.17, 15) is 10.1 Å². The van der Waals surface area contributed by atoms with Crippen LogP contribution in [0, 0.1) is 10.1 Å². The van der Waals surface area contributed by atoms with Gasteiger partial charge in [0.15, 0.2) is 0 Å². The number of aromatic nitrogens is 1. The lowest BCUT2D eigenvalue weighted by atomic mass is 10.1. The highest BCUT2D eigenvalue weighted by Crippen LogP contribution is 2.27. The zero-order valence-corrected chi connectivity index (χ0v) is 10.6. The van der Waals surface area contributed by atoms with Gasteiger partial charge in [-0.05, 0) is 30.4 Å². The lowest BCUT2D eigenvalue weighted by Gasteiger charge is -2.23. The first-order valence-corrected chi connectivity index (χ1v) is 6.82. The van der Waals surface area contributed by atoms with Gasteiger partial charge in [0.25, 0.3) is 0 Å². The summed E-state index contributed by atoms with van der Waals surface area (Å²) < 4.78 is 0. The van der Waals surface area contributed by atoms with Crippen molar-refractivity contribution in [3.8, 4) is 0 Å². The highest BCUT2D eigenvalue weighted by Gasteiger charge is 2.20. The predicted octanol–water partition coefficient (Wildman–Crippen LogP) is 1.58. The zero-order chi connectivity index (χ0) is 13.0. The summed E-state index contributed by atoms with van der Waals surface area (Å²) >= 11 is 1.90.